The average Bonchev–Trinajstić information content (AvgIpc) is 2.20. The molecule has 0 heterocycles. The minimum Gasteiger partial charge on any atom is -0.492 e. The van der Waals surface area contributed by atoms with Crippen molar-refractivity contribution in [2.24, 2.45) is 0 Å². The van der Waals surface area contributed by atoms with Gasteiger partial charge in [-0.15, -0.1) is 0 Å². The van der Waals surface area contributed by atoms with Gasteiger partial charge in [-0.05, 0) is 34.2 Å². The third-order valence-electron chi connectivity index (χ3n) is 1.70. The van der Waals surface area contributed by atoms with E-state index < -0.39 is 4.92 Å². The molecular formula is C9H10BrNO3S. The summed E-state index contributed by atoms with van der Waals surface area (Å²) in [5, 5.41) is 10.6. The van der Waals surface area contributed by atoms with Crippen molar-refractivity contribution in [1.29, 1.82) is 0 Å². The Morgan fingerprint density at radius 2 is 2.27 bits per heavy atom. The molecule has 0 aliphatic heterocycles. The highest BCUT2D eigenvalue weighted by molar-refractivity contribution is 9.10. The number of rotatable bonds is 5. The van der Waals surface area contributed by atoms with Gasteiger partial charge in [0, 0.05) is 6.07 Å². The molecule has 6 heteroatoms. The Balaban J connectivity index is 2.80. The van der Waals surface area contributed by atoms with Gasteiger partial charge in [0.25, 0.3) is 5.69 Å². The number of halogens is 1. The van der Waals surface area contributed by atoms with Crippen LogP contribution in [-0.4, -0.2) is 17.3 Å². The van der Waals surface area contributed by atoms with Crippen molar-refractivity contribution in [3.8, 4) is 5.75 Å². The molecule has 0 fully saturated rings. The normalized spacial score (nSPS) is 10.0. The molecule has 0 atom stereocenters. The van der Waals surface area contributed by atoms with Gasteiger partial charge >= 0.3 is 0 Å². The molecule has 0 aromatic heterocycles. The zero-order valence-corrected chi connectivity index (χ0v) is 10.3. The van der Waals surface area contributed by atoms with Crippen LogP contribution in [0.15, 0.2) is 22.7 Å². The first kappa shape index (κ1) is 12.3. The maximum absolute atomic E-state index is 10.6. The smallest absolute Gasteiger partial charge is 0.287 e. The number of hydrogen-bond acceptors (Lipinski definition) is 4. The van der Waals surface area contributed by atoms with E-state index in [-0.39, 0.29) is 5.69 Å². The van der Waals surface area contributed by atoms with Gasteiger partial charge in [-0.25, -0.2) is 0 Å². The Morgan fingerprint density at radius 3 is 2.87 bits per heavy atom. The number of benzene rings is 1. The van der Waals surface area contributed by atoms with Gasteiger partial charge in [0.2, 0.25) is 0 Å². The molecule has 0 bridgehead atoms. The topological polar surface area (TPSA) is 52.4 Å². The lowest BCUT2D eigenvalue weighted by Crippen LogP contribution is -1.99. The van der Waals surface area contributed by atoms with Crippen molar-refractivity contribution in [3.05, 3.63) is 32.8 Å². The Hall–Kier alpha value is -0.750. The number of nitrogens with zero attached hydrogens (tertiary/aromatic N) is 1. The molecule has 4 nitrogen and oxygen atoms in total. The van der Waals surface area contributed by atoms with E-state index in [1.54, 1.807) is 12.1 Å². The minimum atomic E-state index is -0.449. The highest BCUT2D eigenvalue weighted by Gasteiger charge is 2.15. The molecular weight excluding hydrogens is 282 g/mol. The van der Waals surface area contributed by atoms with Crippen molar-refractivity contribution in [3.63, 3.8) is 0 Å². The van der Waals surface area contributed by atoms with Crippen LogP contribution in [0.1, 0.15) is 6.42 Å². The fourth-order valence-corrected chi connectivity index (χ4v) is 1.65. The largest absolute Gasteiger partial charge is 0.492 e. The summed E-state index contributed by atoms with van der Waals surface area (Å²) in [6.45, 7) is 0.503. The van der Waals surface area contributed by atoms with E-state index in [1.807, 2.05) is 0 Å². The lowest BCUT2D eigenvalue weighted by atomic mass is 10.3. The third-order valence-corrected chi connectivity index (χ3v) is 2.81. The zero-order chi connectivity index (χ0) is 11.3. The molecule has 1 rings (SSSR count). The first-order chi connectivity index (χ1) is 7.16. The maximum atomic E-state index is 10.6. The Morgan fingerprint density at radius 1 is 1.53 bits per heavy atom. The summed E-state index contributed by atoms with van der Waals surface area (Å²) in [4.78, 5) is 10.2. The second-order valence-corrected chi connectivity index (χ2v) is 4.01. The third kappa shape index (κ3) is 3.39. The fraction of sp³-hybridized carbons (Fsp3) is 0.333. The van der Waals surface area contributed by atoms with Gasteiger partial charge in [-0.3, -0.25) is 10.1 Å². The van der Waals surface area contributed by atoms with Crippen molar-refractivity contribution in [2.75, 3.05) is 12.4 Å². The van der Waals surface area contributed by atoms with E-state index >= 15 is 0 Å². The molecule has 0 saturated carbocycles. The first-order valence-electron chi connectivity index (χ1n) is 4.33. The van der Waals surface area contributed by atoms with Gasteiger partial charge in [0.15, 0.2) is 0 Å². The molecule has 0 N–H and O–H groups in total. The summed E-state index contributed by atoms with van der Waals surface area (Å²) < 4.78 is 5.75. The van der Waals surface area contributed by atoms with Crippen molar-refractivity contribution in [1.82, 2.24) is 0 Å². The molecule has 1 aromatic carbocycles. The molecule has 0 spiro atoms. The Kier molecular flexibility index (Phi) is 4.90. The van der Waals surface area contributed by atoms with E-state index in [9.17, 15) is 10.1 Å². The minimum absolute atomic E-state index is 0.0124. The monoisotopic (exact) mass is 291 g/mol. The average molecular weight is 292 g/mol. The maximum Gasteiger partial charge on any atom is 0.287 e. The number of ether oxygens (including phenoxy) is 1. The molecule has 0 radical (unpaired) electrons. The molecule has 0 aliphatic rings. The second kappa shape index (κ2) is 5.97. The lowest BCUT2D eigenvalue weighted by molar-refractivity contribution is -0.385. The summed E-state index contributed by atoms with van der Waals surface area (Å²) in [5.41, 5.74) is 0.0124. The first-order valence-corrected chi connectivity index (χ1v) is 5.76. The van der Waals surface area contributed by atoms with Crippen LogP contribution in [0, 0.1) is 10.1 Å². The highest BCUT2D eigenvalue weighted by atomic mass is 79.9. The van der Waals surface area contributed by atoms with Crippen molar-refractivity contribution in [2.45, 2.75) is 6.42 Å². The van der Waals surface area contributed by atoms with E-state index in [0.29, 0.717) is 16.8 Å². The van der Waals surface area contributed by atoms with E-state index in [2.05, 4.69) is 28.6 Å². The SMILES string of the molecule is O=[N+]([O-])c1cccc(OCCCS)c1Br. The molecule has 0 saturated heterocycles. The molecule has 0 unspecified atom stereocenters. The Labute approximate surface area is 101 Å². The molecule has 0 aliphatic carbocycles. The van der Waals surface area contributed by atoms with E-state index in [0.717, 1.165) is 12.2 Å². The van der Waals surface area contributed by atoms with Crippen LogP contribution in [0.3, 0.4) is 0 Å². The fourth-order valence-electron chi connectivity index (χ4n) is 0.998. The molecule has 82 valence electrons. The van der Waals surface area contributed by atoms with Gasteiger partial charge in [0.1, 0.15) is 10.2 Å². The van der Waals surface area contributed by atoms with Crippen LogP contribution >= 0.6 is 28.6 Å². The lowest BCUT2D eigenvalue weighted by Gasteiger charge is -2.06. The summed E-state index contributed by atoms with van der Waals surface area (Å²) in [6.07, 6.45) is 0.804. The van der Waals surface area contributed by atoms with Crippen LogP contribution in [0.2, 0.25) is 0 Å². The summed E-state index contributed by atoms with van der Waals surface area (Å²) in [5.74, 6) is 1.22. The molecule has 0 amide bonds. The van der Waals surface area contributed by atoms with Crippen molar-refractivity contribution >= 4 is 34.2 Å². The number of thiol groups is 1. The van der Waals surface area contributed by atoms with E-state index in [1.165, 1.54) is 6.07 Å². The zero-order valence-electron chi connectivity index (χ0n) is 7.85. The second-order valence-electron chi connectivity index (χ2n) is 2.77. The van der Waals surface area contributed by atoms with Crippen molar-refractivity contribution < 1.29 is 9.66 Å². The molecule has 15 heavy (non-hydrogen) atoms. The van der Waals surface area contributed by atoms with Crippen LogP contribution in [0.4, 0.5) is 5.69 Å². The quantitative estimate of drug-likeness (QED) is 0.393. The van der Waals surface area contributed by atoms with Gasteiger partial charge in [0.05, 0.1) is 11.5 Å². The van der Waals surface area contributed by atoms with Gasteiger partial charge in [-0.1, -0.05) is 6.07 Å². The van der Waals surface area contributed by atoms with Gasteiger partial charge < -0.3 is 4.74 Å². The van der Waals surface area contributed by atoms with Crippen LogP contribution in [0.5, 0.6) is 5.75 Å². The highest BCUT2D eigenvalue weighted by Crippen LogP contribution is 2.33. The standard InChI is InChI=1S/C9H10BrNO3S/c10-9-7(11(12)13)3-1-4-8(9)14-5-2-6-15/h1,3-4,15H,2,5-6H2. The van der Waals surface area contributed by atoms with Crippen LogP contribution in [-0.2, 0) is 0 Å². The summed E-state index contributed by atoms with van der Waals surface area (Å²) >= 11 is 7.19. The molecule has 1 aromatic rings. The summed E-state index contributed by atoms with van der Waals surface area (Å²) in [7, 11) is 0. The number of hydrogen-bond donors (Lipinski definition) is 1. The Bertz CT molecular complexity index is 359. The van der Waals surface area contributed by atoms with Gasteiger partial charge in [-0.2, -0.15) is 12.6 Å². The van der Waals surface area contributed by atoms with Crippen LogP contribution < -0.4 is 4.74 Å². The number of nitro groups is 1. The van der Waals surface area contributed by atoms with Crippen LogP contribution in [0.25, 0.3) is 0 Å². The number of nitro benzene ring substituents is 1. The predicted octanol–water partition coefficient (Wildman–Crippen LogP) is 3.06. The van der Waals surface area contributed by atoms with E-state index in [4.69, 9.17) is 4.74 Å². The summed E-state index contributed by atoms with van der Waals surface area (Å²) in [6, 6.07) is 4.71. The predicted molar refractivity (Wildman–Crippen MR) is 64.8 cm³/mol.